The minimum atomic E-state index is -0.778. The molecule has 0 aromatic heterocycles. The van der Waals surface area contributed by atoms with Crippen molar-refractivity contribution in [1.29, 1.82) is 0 Å². The van der Waals surface area contributed by atoms with Crippen molar-refractivity contribution < 1.29 is 19.4 Å². The van der Waals surface area contributed by atoms with Gasteiger partial charge in [0.25, 0.3) is 0 Å². The van der Waals surface area contributed by atoms with Crippen molar-refractivity contribution in [3.8, 4) is 0 Å². The number of carboxylic acids is 1. The SMILES string of the molecule is CCOCCC1(C(=O)N2CCC[C@H](C(=O)O)C2)CCC1. The van der Waals surface area contributed by atoms with Crippen molar-refractivity contribution in [3.05, 3.63) is 0 Å². The van der Waals surface area contributed by atoms with Crippen molar-refractivity contribution in [2.24, 2.45) is 11.3 Å². The zero-order valence-electron chi connectivity index (χ0n) is 12.3. The number of aliphatic carboxylic acids is 1. The Hall–Kier alpha value is -1.10. The number of nitrogens with zero attached hydrogens (tertiary/aromatic N) is 1. The summed E-state index contributed by atoms with van der Waals surface area (Å²) >= 11 is 0. The lowest BCUT2D eigenvalue weighted by molar-refractivity contribution is -0.154. The molecule has 1 N–H and O–H groups in total. The number of amides is 1. The van der Waals surface area contributed by atoms with E-state index < -0.39 is 11.9 Å². The van der Waals surface area contributed by atoms with Crippen molar-refractivity contribution >= 4 is 11.9 Å². The maximum atomic E-state index is 12.7. The normalized spacial score (nSPS) is 25.1. The second kappa shape index (κ2) is 6.57. The summed E-state index contributed by atoms with van der Waals surface area (Å²) in [7, 11) is 0. The maximum absolute atomic E-state index is 12.7. The van der Waals surface area contributed by atoms with E-state index in [4.69, 9.17) is 9.84 Å². The van der Waals surface area contributed by atoms with E-state index in [1.165, 1.54) is 0 Å². The van der Waals surface area contributed by atoms with Crippen LogP contribution < -0.4 is 0 Å². The van der Waals surface area contributed by atoms with E-state index >= 15 is 0 Å². The molecule has 20 heavy (non-hydrogen) atoms. The van der Waals surface area contributed by atoms with Crippen LogP contribution in [0.3, 0.4) is 0 Å². The molecule has 0 aromatic carbocycles. The fraction of sp³-hybridized carbons (Fsp3) is 0.867. The van der Waals surface area contributed by atoms with Crippen molar-refractivity contribution in [2.75, 3.05) is 26.3 Å². The fourth-order valence-corrected chi connectivity index (χ4v) is 3.28. The van der Waals surface area contributed by atoms with Gasteiger partial charge < -0.3 is 14.7 Å². The van der Waals surface area contributed by atoms with E-state index in [-0.39, 0.29) is 11.3 Å². The first-order chi connectivity index (χ1) is 9.59. The fourth-order valence-electron chi connectivity index (χ4n) is 3.28. The maximum Gasteiger partial charge on any atom is 0.308 e. The Kier molecular flexibility index (Phi) is 5.02. The van der Waals surface area contributed by atoms with E-state index in [9.17, 15) is 9.59 Å². The molecule has 2 fully saturated rings. The van der Waals surface area contributed by atoms with Crippen LogP contribution in [0.25, 0.3) is 0 Å². The summed E-state index contributed by atoms with van der Waals surface area (Å²) in [6.45, 7) is 4.34. The number of hydrogen-bond donors (Lipinski definition) is 1. The molecule has 0 bridgehead atoms. The first-order valence-corrected chi connectivity index (χ1v) is 7.69. The molecule has 1 amide bonds. The quantitative estimate of drug-likeness (QED) is 0.756. The summed E-state index contributed by atoms with van der Waals surface area (Å²) in [4.78, 5) is 25.6. The van der Waals surface area contributed by atoms with Gasteiger partial charge in [-0.1, -0.05) is 6.42 Å². The standard InChI is InChI=1S/C15H25NO4/c1-2-20-10-8-15(6-4-7-15)14(19)16-9-3-5-12(11-16)13(17)18/h12H,2-11H2,1H3,(H,17,18)/t12-/m0/s1. The number of carbonyl (C=O) groups is 2. The number of hydrogen-bond acceptors (Lipinski definition) is 3. The molecule has 5 heteroatoms. The van der Waals surface area contributed by atoms with Crippen LogP contribution in [0.5, 0.6) is 0 Å². The average Bonchev–Trinajstić information content (AvgIpc) is 2.41. The molecule has 0 aromatic rings. The number of ether oxygens (including phenoxy) is 1. The van der Waals surface area contributed by atoms with Crippen LogP contribution in [-0.2, 0) is 14.3 Å². The summed E-state index contributed by atoms with van der Waals surface area (Å²) in [6, 6.07) is 0. The number of likely N-dealkylation sites (tertiary alicyclic amines) is 1. The molecular formula is C15H25NO4. The Balaban J connectivity index is 1.95. The Morgan fingerprint density at radius 3 is 2.65 bits per heavy atom. The third-order valence-electron chi connectivity index (χ3n) is 4.75. The van der Waals surface area contributed by atoms with Gasteiger partial charge in [-0.05, 0) is 39.0 Å². The molecule has 1 saturated carbocycles. The monoisotopic (exact) mass is 283 g/mol. The topological polar surface area (TPSA) is 66.8 Å². The lowest BCUT2D eigenvalue weighted by atomic mass is 9.65. The summed E-state index contributed by atoms with van der Waals surface area (Å²) in [5.41, 5.74) is -0.268. The highest BCUT2D eigenvalue weighted by molar-refractivity contribution is 5.84. The van der Waals surface area contributed by atoms with E-state index in [1.54, 1.807) is 4.90 Å². The van der Waals surface area contributed by atoms with E-state index in [1.807, 2.05) is 6.92 Å². The second-order valence-electron chi connectivity index (χ2n) is 6.01. The molecule has 5 nitrogen and oxygen atoms in total. The molecule has 114 valence electrons. The van der Waals surface area contributed by atoms with Gasteiger partial charge in [0.05, 0.1) is 11.3 Å². The Morgan fingerprint density at radius 1 is 1.35 bits per heavy atom. The number of carbonyl (C=O) groups excluding carboxylic acids is 1. The predicted octanol–water partition coefficient (Wildman–Crippen LogP) is 1.91. The largest absolute Gasteiger partial charge is 0.481 e. The molecule has 0 spiro atoms. The summed E-state index contributed by atoms with van der Waals surface area (Å²) < 4.78 is 5.40. The van der Waals surface area contributed by atoms with Gasteiger partial charge >= 0.3 is 5.97 Å². The molecule has 0 radical (unpaired) electrons. The molecule has 2 aliphatic rings. The molecule has 1 aliphatic carbocycles. The molecule has 1 heterocycles. The van der Waals surface area contributed by atoms with Crippen molar-refractivity contribution in [1.82, 2.24) is 4.90 Å². The Labute approximate surface area is 120 Å². The van der Waals surface area contributed by atoms with Crippen LogP contribution in [0.2, 0.25) is 0 Å². The smallest absolute Gasteiger partial charge is 0.308 e. The van der Waals surface area contributed by atoms with Gasteiger partial charge in [-0.2, -0.15) is 0 Å². The first kappa shape index (κ1) is 15.3. The summed E-state index contributed by atoms with van der Waals surface area (Å²) in [5, 5.41) is 9.13. The molecule has 2 rings (SSSR count). The van der Waals surface area contributed by atoms with Crippen molar-refractivity contribution in [2.45, 2.75) is 45.4 Å². The van der Waals surface area contributed by atoms with Gasteiger partial charge in [0.2, 0.25) is 5.91 Å². The Bertz CT molecular complexity index is 365. The van der Waals surface area contributed by atoms with Crippen LogP contribution in [0.1, 0.15) is 45.4 Å². The number of rotatable bonds is 6. The predicted molar refractivity (Wildman–Crippen MR) is 74.3 cm³/mol. The number of carboxylic acid groups (broad SMARTS) is 1. The van der Waals surface area contributed by atoms with Crippen LogP contribution in [-0.4, -0.2) is 48.2 Å². The van der Waals surface area contributed by atoms with Crippen LogP contribution in [0.15, 0.2) is 0 Å². The van der Waals surface area contributed by atoms with Gasteiger partial charge in [0.1, 0.15) is 0 Å². The summed E-state index contributed by atoms with van der Waals surface area (Å²) in [6.07, 6.45) is 5.19. The zero-order chi connectivity index (χ0) is 14.6. The molecule has 0 unspecified atom stereocenters. The minimum absolute atomic E-state index is 0.161. The molecule has 1 atom stereocenters. The van der Waals surface area contributed by atoms with Crippen LogP contribution in [0, 0.1) is 11.3 Å². The third kappa shape index (κ3) is 3.14. The van der Waals surface area contributed by atoms with Gasteiger partial charge in [0, 0.05) is 26.3 Å². The highest BCUT2D eigenvalue weighted by Gasteiger charge is 2.46. The highest BCUT2D eigenvalue weighted by atomic mass is 16.5. The van der Waals surface area contributed by atoms with Gasteiger partial charge in [-0.25, -0.2) is 0 Å². The van der Waals surface area contributed by atoms with Crippen LogP contribution in [0.4, 0.5) is 0 Å². The molecule has 1 aliphatic heterocycles. The van der Waals surface area contributed by atoms with Crippen molar-refractivity contribution in [3.63, 3.8) is 0 Å². The van der Waals surface area contributed by atoms with E-state index in [2.05, 4.69) is 0 Å². The summed E-state index contributed by atoms with van der Waals surface area (Å²) in [5.74, 6) is -1.01. The average molecular weight is 283 g/mol. The molecule has 1 saturated heterocycles. The van der Waals surface area contributed by atoms with Gasteiger partial charge in [0.15, 0.2) is 0 Å². The van der Waals surface area contributed by atoms with E-state index in [0.29, 0.717) is 32.7 Å². The third-order valence-corrected chi connectivity index (χ3v) is 4.75. The Morgan fingerprint density at radius 2 is 2.10 bits per heavy atom. The lowest BCUT2D eigenvalue weighted by Crippen LogP contribution is -2.52. The zero-order valence-corrected chi connectivity index (χ0v) is 12.3. The first-order valence-electron chi connectivity index (χ1n) is 7.69. The molecular weight excluding hydrogens is 258 g/mol. The second-order valence-corrected chi connectivity index (χ2v) is 6.01. The highest BCUT2D eigenvalue weighted by Crippen LogP contribution is 2.46. The van der Waals surface area contributed by atoms with Gasteiger partial charge in [-0.15, -0.1) is 0 Å². The minimum Gasteiger partial charge on any atom is -0.481 e. The lowest BCUT2D eigenvalue weighted by Gasteiger charge is -2.45. The number of piperidine rings is 1. The van der Waals surface area contributed by atoms with Gasteiger partial charge in [-0.3, -0.25) is 9.59 Å². The van der Waals surface area contributed by atoms with Crippen LogP contribution >= 0.6 is 0 Å². The van der Waals surface area contributed by atoms with E-state index in [0.717, 1.165) is 32.1 Å².